The van der Waals surface area contributed by atoms with E-state index in [0.717, 1.165) is 21.1 Å². The van der Waals surface area contributed by atoms with Crippen molar-refractivity contribution in [1.29, 1.82) is 0 Å². The highest BCUT2D eigenvalue weighted by atomic mass is 79.9. The summed E-state index contributed by atoms with van der Waals surface area (Å²) in [7, 11) is 1.57. The van der Waals surface area contributed by atoms with Crippen LogP contribution in [-0.4, -0.2) is 52.1 Å². The number of imide groups is 1. The van der Waals surface area contributed by atoms with Crippen LogP contribution in [0.15, 0.2) is 40.2 Å². The van der Waals surface area contributed by atoms with Crippen molar-refractivity contribution in [2.45, 2.75) is 6.54 Å². The first-order valence-electron chi connectivity index (χ1n) is 8.20. The molecule has 0 unspecified atom stereocenters. The van der Waals surface area contributed by atoms with E-state index < -0.39 is 0 Å². The zero-order valence-electron chi connectivity index (χ0n) is 14.8. The Balaban J connectivity index is 1.53. The number of thiophene rings is 1. The normalized spacial score (nSPS) is 13.7. The van der Waals surface area contributed by atoms with E-state index in [1.807, 2.05) is 0 Å². The number of hydrogen-bond acceptors (Lipinski definition) is 6. The van der Waals surface area contributed by atoms with Gasteiger partial charge in [-0.05, 0) is 45.8 Å². The van der Waals surface area contributed by atoms with Crippen LogP contribution in [0.2, 0.25) is 0 Å². The maximum absolute atomic E-state index is 12.3. The maximum atomic E-state index is 12.3. The molecule has 146 valence electrons. The van der Waals surface area contributed by atoms with E-state index in [1.54, 1.807) is 43.4 Å². The third-order valence-electron chi connectivity index (χ3n) is 3.93. The van der Waals surface area contributed by atoms with Gasteiger partial charge in [-0.2, -0.15) is 0 Å². The second-order valence-corrected chi connectivity index (χ2v) is 9.43. The summed E-state index contributed by atoms with van der Waals surface area (Å²) in [4.78, 5) is 50.9. The molecule has 0 atom stereocenters. The Morgan fingerprint density at radius 2 is 1.89 bits per heavy atom. The highest BCUT2D eigenvalue weighted by molar-refractivity contribution is 9.11. The predicted octanol–water partition coefficient (Wildman–Crippen LogP) is 3.42. The number of carbonyl (C=O) groups excluding carboxylic acids is 4. The van der Waals surface area contributed by atoms with Crippen LogP contribution in [0.25, 0.3) is 0 Å². The van der Waals surface area contributed by atoms with Crippen molar-refractivity contribution in [3.63, 3.8) is 0 Å². The van der Waals surface area contributed by atoms with Crippen molar-refractivity contribution < 1.29 is 19.2 Å². The van der Waals surface area contributed by atoms with Crippen LogP contribution >= 0.6 is 39.0 Å². The Bertz CT molecular complexity index is 913. The van der Waals surface area contributed by atoms with Crippen LogP contribution in [-0.2, 0) is 16.1 Å². The number of nitrogens with one attached hydrogen (secondary N) is 1. The van der Waals surface area contributed by atoms with Gasteiger partial charge in [0.25, 0.3) is 11.1 Å². The van der Waals surface area contributed by atoms with Crippen LogP contribution in [0.5, 0.6) is 0 Å². The molecule has 2 heterocycles. The fraction of sp³-hybridized carbons (Fsp3) is 0.222. The number of amides is 4. The number of carbonyl (C=O) groups is 4. The van der Waals surface area contributed by atoms with Crippen molar-refractivity contribution in [3.05, 3.63) is 50.6 Å². The average Bonchev–Trinajstić information content (AvgIpc) is 3.23. The second kappa shape index (κ2) is 8.89. The Morgan fingerprint density at radius 3 is 2.46 bits per heavy atom. The zero-order chi connectivity index (χ0) is 20.3. The lowest BCUT2D eigenvalue weighted by Gasteiger charge is -2.16. The van der Waals surface area contributed by atoms with Gasteiger partial charge in [0.1, 0.15) is 0 Å². The lowest BCUT2D eigenvalue weighted by Crippen LogP contribution is -2.34. The SMILES string of the molecule is CN(CC(=O)Nc1ccc(CN2C(=O)CSC2=O)cc1)C(=O)c1ccc(Br)s1. The molecule has 1 aromatic heterocycles. The molecule has 7 nitrogen and oxygen atoms in total. The molecule has 2 aromatic rings. The molecule has 10 heteroatoms. The highest BCUT2D eigenvalue weighted by Crippen LogP contribution is 2.23. The molecular formula is C18H16BrN3O4S2. The van der Waals surface area contributed by atoms with Crippen LogP contribution in [0, 0.1) is 0 Å². The van der Waals surface area contributed by atoms with E-state index in [0.29, 0.717) is 10.6 Å². The summed E-state index contributed by atoms with van der Waals surface area (Å²) in [6, 6.07) is 10.4. The van der Waals surface area contributed by atoms with Gasteiger partial charge in [-0.3, -0.25) is 24.1 Å². The van der Waals surface area contributed by atoms with E-state index in [4.69, 9.17) is 0 Å². The molecule has 1 aliphatic heterocycles. The summed E-state index contributed by atoms with van der Waals surface area (Å²) < 4.78 is 0.852. The van der Waals surface area contributed by atoms with Gasteiger partial charge in [-0.1, -0.05) is 23.9 Å². The molecule has 1 fully saturated rings. The van der Waals surface area contributed by atoms with E-state index in [1.165, 1.54) is 21.1 Å². The lowest BCUT2D eigenvalue weighted by molar-refractivity contribution is -0.125. The van der Waals surface area contributed by atoms with E-state index in [2.05, 4.69) is 21.2 Å². The smallest absolute Gasteiger partial charge is 0.289 e. The van der Waals surface area contributed by atoms with E-state index >= 15 is 0 Å². The first-order chi connectivity index (χ1) is 13.3. The summed E-state index contributed by atoms with van der Waals surface area (Å²) in [6.45, 7) is 0.136. The van der Waals surface area contributed by atoms with Crippen LogP contribution < -0.4 is 5.32 Å². The molecular weight excluding hydrogens is 466 g/mol. The van der Waals surface area contributed by atoms with Crippen LogP contribution in [0.4, 0.5) is 10.5 Å². The molecule has 1 aromatic carbocycles. The molecule has 4 amide bonds. The molecule has 1 saturated heterocycles. The van der Waals surface area contributed by atoms with Gasteiger partial charge in [0.05, 0.1) is 27.5 Å². The molecule has 0 bridgehead atoms. The topological polar surface area (TPSA) is 86.8 Å². The predicted molar refractivity (Wildman–Crippen MR) is 112 cm³/mol. The number of hydrogen-bond donors (Lipinski definition) is 1. The average molecular weight is 482 g/mol. The molecule has 0 saturated carbocycles. The van der Waals surface area contributed by atoms with Gasteiger partial charge < -0.3 is 10.2 Å². The third-order valence-corrected chi connectivity index (χ3v) is 6.40. The summed E-state index contributed by atoms with van der Waals surface area (Å²) >= 11 is 5.62. The van der Waals surface area contributed by atoms with Crippen molar-refractivity contribution in [1.82, 2.24) is 9.80 Å². The third kappa shape index (κ3) is 5.00. The molecule has 0 radical (unpaired) electrons. The van der Waals surface area contributed by atoms with Gasteiger partial charge in [-0.25, -0.2) is 0 Å². The Morgan fingerprint density at radius 1 is 1.18 bits per heavy atom. The largest absolute Gasteiger partial charge is 0.332 e. The summed E-state index contributed by atoms with van der Waals surface area (Å²) in [5, 5.41) is 2.49. The molecule has 0 spiro atoms. The molecule has 1 aliphatic rings. The van der Waals surface area contributed by atoms with Crippen molar-refractivity contribution >= 4 is 67.7 Å². The van der Waals surface area contributed by atoms with Gasteiger partial charge >= 0.3 is 0 Å². The monoisotopic (exact) mass is 481 g/mol. The van der Waals surface area contributed by atoms with Gasteiger partial charge in [0.2, 0.25) is 11.8 Å². The van der Waals surface area contributed by atoms with Gasteiger partial charge in [0.15, 0.2) is 0 Å². The Kier molecular flexibility index (Phi) is 6.53. The number of anilines is 1. The fourth-order valence-corrected chi connectivity index (χ4v) is 4.62. The molecule has 28 heavy (non-hydrogen) atoms. The number of nitrogens with zero attached hydrogens (tertiary/aromatic N) is 2. The molecule has 0 aliphatic carbocycles. The van der Waals surface area contributed by atoms with Crippen LogP contribution in [0.1, 0.15) is 15.2 Å². The minimum absolute atomic E-state index is 0.0793. The first-order valence-corrected chi connectivity index (χ1v) is 10.8. The lowest BCUT2D eigenvalue weighted by atomic mass is 10.2. The standard InChI is InChI=1S/C18H16BrN3O4S2/c1-21(17(25)13-6-7-14(19)28-13)9-15(23)20-12-4-2-11(3-5-12)8-22-16(24)10-27-18(22)26/h2-7H,8-10H2,1H3,(H,20,23). The molecule has 1 N–H and O–H groups in total. The summed E-state index contributed by atoms with van der Waals surface area (Å²) in [5.74, 6) is -0.556. The molecule has 3 rings (SSSR count). The highest BCUT2D eigenvalue weighted by Gasteiger charge is 2.29. The van der Waals surface area contributed by atoms with Gasteiger partial charge in [-0.15, -0.1) is 11.3 Å². The second-order valence-electron chi connectivity index (χ2n) is 6.04. The minimum atomic E-state index is -0.319. The number of rotatable bonds is 6. The Hall–Kier alpha value is -2.17. The first kappa shape index (κ1) is 20.6. The van der Waals surface area contributed by atoms with Crippen molar-refractivity contribution in [2.24, 2.45) is 0 Å². The Labute approximate surface area is 178 Å². The number of benzene rings is 1. The number of thioether (sulfide) groups is 1. The summed E-state index contributed by atoms with van der Waals surface area (Å²) in [5.41, 5.74) is 1.36. The number of halogens is 1. The van der Waals surface area contributed by atoms with Gasteiger partial charge in [0, 0.05) is 12.7 Å². The minimum Gasteiger partial charge on any atom is -0.332 e. The van der Waals surface area contributed by atoms with Crippen LogP contribution in [0.3, 0.4) is 0 Å². The summed E-state index contributed by atoms with van der Waals surface area (Å²) in [6.07, 6.45) is 0. The maximum Gasteiger partial charge on any atom is 0.289 e. The van der Waals surface area contributed by atoms with E-state index in [9.17, 15) is 19.2 Å². The quantitative estimate of drug-likeness (QED) is 0.682. The van der Waals surface area contributed by atoms with Crippen molar-refractivity contribution in [3.8, 4) is 0 Å². The van der Waals surface area contributed by atoms with E-state index in [-0.39, 0.29) is 41.8 Å². The zero-order valence-corrected chi connectivity index (χ0v) is 18.0. The van der Waals surface area contributed by atoms with Crippen molar-refractivity contribution in [2.75, 3.05) is 24.7 Å². The number of likely N-dealkylation sites (N-methyl/N-ethyl adjacent to an activating group) is 1. The fourth-order valence-electron chi connectivity index (χ4n) is 2.51.